The molecule has 0 radical (unpaired) electrons. The first kappa shape index (κ1) is 9.33. The second-order valence-corrected chi connectivity index (χ2v) is 3.52. The lowest BCUT2D eigenvalue weighted by atomic mass is 9.98. The number of hydrogen-bond acceptors (Lipinski definition) is 2. The summed E-state index contributed by atoms with van der Waals surface area (Å²) in [5, 5.41) is 0. The Balaban J connectivity index is 2.46. The quantitative estimate of drug-likeness (QED) is 0.584. The number of benzene rings is 1. The van der Waals surface area contributed by atoms with Gasteiger partial charge in [0.15, 0.2) is 5.82 Å². The van der Waals surface area contributed by atoms with E-state index in [1.165, 1.54) is 24.5 Å². The fourth-order valence-electron chi connectivity index (χ4n) is 1.89. The maximum atomic E-state index is 12.9. The Bertz CT molecular complexity index is 517. The van der Waals surface area contributed by atoms with Crippen LogP contribution in [-0.4, -0.2) is 9.97 Å². The molecule has 2 aliphatic rings. The molecule has 0 amide bonds. The smallest absolute Gasteiger partial charge is 0.236 e. The summed E-state index contributed by atoms with van der Waals surface area (Å²) in [6.07, 6.45) is -1.55. The molecule has 2 aromatic rings. The Hall–Kier alpha value is -1.91. The summed E-state index contributed by atoms with van der Waals surface area (Å²) >= 11 is 0. The molecule has 4 bridgehead atoms. The van der Waals surface area contributed by atoms with Crippen LogP contribution in [-0.2, 0) is 6.18 Å². The van der Waals surface area contributed by atoms with Gasteiger partial charge < -0.3 is 0 Å². The lowest BCUT2D eigenvalue weighted by molar-refractivity contribution is -0.136. The second kappa shape index (κ2) is 2.81. The lowest BCUT2D eigenvalue weighted by Crippen LogP contribution is -2.08. The van der Waals surface area contributed by atoms with Crippen LogP contribution in [0.4, 0.5) is 13.2 Å². The van der Waals surface area contributed by atoms with Crippen LogP contribution in [0.25, 0.3) is 22.5 Å². The minimum atomic E-state index is -4.39. The first-order valence-electron chi connectivity index (χ1n) is 4.60. The van der Waals surface area contributed by atoms with Crippen molar-refractivity contribution in [2.45, 2.75) is 6.18 Å². The normalized spacial score (nSPS) is 12.7. The Labute approximate surface area is 88.8 Å². The van der Waals surface area contributed by atoms with Crippen molar-refractivity contribution in [3.63, 3.8) is 0 Å². The molecule has 1 aromatic heterocycles. The molecule has 0 saturated carbocycles. The van der Waals surface area contributed by atoms with Crippen LogP contribution in [0.3, 0.4) is 0 Å². The zero-order chi connectivity index (χ0) is 11.3. The van der Waals surface area contributed by atoms with Gasteiger partial charge in [-0.3, -0.25) is 0 Å². The fourth-order valence-corrected chi connectivity index (χ4v) is 1.89. The molecule has 80 valence electrons. The van der Waals surface area contributed by atoms with Crippen molar-refractivity contribution >= 4 is 0 Å². The SMILES string of the molecule is FC(F)(F)c1c2cccc1-c1ncc-2cn1. The highest BCUT2D eigenvalue weighted by atomic mass is 19.4. The summed E-state index contributed by atoms with van der Waals surface area (Å²) in [5.74, 6) is 0.121. The standard InChI is InChI=1S/C11H5F3N2/c12-11(13,14)9-7-2-1-3-8(9)10-15-4-6(7)5-16-10/h1-5H. The first-order chi connectivity index (χ1) is 7.57. The Kier molecular flexibility index (Phi) is 1.64. The van der Waals surface area contributed by atoms with Gasteiger partial charge in [-0.1, -0.05) is 18.2 Å². The molecule has 0 aliphatic carbocycles. The first-order valence-corrected chi connectivity index (χ1v) is 4.60. The monoisotopic (exact) mass is 222 g/mol. The van der Waals surface area contributed by atoms with E-state index in [-0.39, 0.29) is 17.0 Å². The van der Waals surface area contributed by atoms with Gasteiger partial charge in [-0.2, -0.15) is 13.2 Å². The number of aromatic nitrogens is 2. The summed E-state index contributed by atoms with van der Waals surface area (Å²) in [5.41, 5.74) is -0.0552. The van der Waals surface area contributed by atoms with Crippen molar-refractivity contribution in [2.75, 3.05) is 0 Å². The van der Waals surface area contributed by atoms with E-state index < -0.39 is 11.7 Å². The van der Waals surface area contributed by atoms with Crippen molar-refractivity contribution in [2.24, 2.45) is 0 Å². The van der Waals surface area contributed by atoms with E-state index in [0.717, 1.165) is 0 Å². The Morgan fingerprint density at radius 1 is 0.938 bits per heavy atom. The number of halogens is 3. The van der Waals surface area contributed by atoms with Gasteiger partial charge in [-0.05, 0) is 5.56 Å². The van der Waals surface area contributed by atoms with Gasteiger partial charge >= 0.3 is 6.18 Å². The number of nitrogens with zero attached hydrogens (tertiary/aromatic N) is 2. The Morgan fingerprint density at radius 3 is 2.19 bits per heavy atom. The minimum absolute atomic E-state index is 0.0463. The fraction of sp³-hybridized carbons (Fsp3) is 0.0909. The van der Waals surface area contributed by atoms with Gasteiger partial charge in [-0.25, -0.2) is 9.97 Å². The summed E-state index contributed by atoms with van der Waals surface area (Å²) in [6, 6.07) is 4.42. The highest BCUT2D eigenvalue weighted by Crippen LogP contribution is 2.43. The van der Waals surface area contributed by atoms with E-state index in [0.29, 0.717) is 5.56 Å². The third-order valence-corrected chi connectivity index (χ3v) is 2.55. The molecular weight excluding hydrogens is 217 g/mol. The molecule has 0 N–H and O–H groups in total. The summed E-state index contributed by atoms with van der Waals surface area (Å²) < 4.78 is 38.8. The van der Waals surface area contributed by atoms with E-state index in [1.54, 1.807) is 6.07 Å². The molecule has 2 nitrogen and oxygen atoms in total. The highest BCUT2D eigenvalue weighted by molar-refractivity contribution is 5.79. The topological polar surface area (TPSA) is 25.8 Å². The van der Waals surface area contributed by atoms with Crippen LogP contribution in [0.2, 0.25) is 0 Å². The van der Waals surface area contributed by atoms with Gasteiger partial charge in [-0.15, -0.1) is 0 Å². The van der Waals surface area contributed by atoms with Crippen molar-refractivity contribution in [1.82, 2.24) is 9.97 Å². The predicted octanol–water partition coefficient (Wildman–Crippen LogP) is 3.14. The number of alkyl halides is 3. The molecular formula is C11H5F3N2. The third kappa shape index (κ3) is 1.14. The molecule has 2 aliphatic heterocycles. The van der Waals surface area contributed by atoms with E-state index in [1.807, 2.05) is 0 Å². The minimum Gasteiger partial charge on any atom is -0.236 e. The highest BCUT2D eigenvalue weighted by Gasteiger charge is 2.38. The van der Waals surface area contributed by atoms with Crippen LogP contribution in [0.1, 0.15) is 5.56 Å². The molecule has 0 fully saturated rings. The average Bonchev–Trinajstić information content (AvgIpc) is 2.40. The van der Waals surface area contributed by atoms with Crippen molar-refractivity contribution in [1.29, 1.82) is 0 Å². The summed E-state index contributed by atoms with van der Waals surface area (Å²) in [6.45, 7) is 0. The molecule has 1 aromatic carbocycles. The molecule has 0 unspecified atom stereocenters. The van der Waals surface area contributed by atoms with Crippen LogP contribution in [0, 0.1) is 0 Å². The molecule has 3 heterocycles. The third-order valence-electron chi connectivity index (χ3n) is 2.55. The zero-order valence-electron chi connectivity index (χ0n) is 7.92. The zero-order valence-corrected chi connectivity index (χ0v) is 7.92. The van der Waals surface area contributed by atoms with E-state index >= 15 is 0 Å². The molecule has 16 heavy (non-hydrogen) atoms. The molecule has 0 spiro atoms. The molecule has 0 atom stereocenters. The maximum absolute atomic E-state index is 12.9. The second-order valence-electron chi connectivity index (χ2n) is 3.52. The van der Waals surface area contributed by atoms with E-state index in [2.05, 4.69) is 9.97 Å². The molecule has 0 saturated heterocycles. The van der Waals surface area contributed by atoms with Gasteiger partial charge in [0.05, 0.1) is 5.56 Å². The molecule has 4 rings (SSSR count). The number of rotatable bonds is 0. The maximum Gasteiger partial charge on any atom is 0.417 e. The summed E-state index contributed by atoms with van der Waals surface area (Å²) in [7, 11) is 0. The van der Waals surface area contributed by atoms with Gasteiger partial charge in [0.2, 0.25) is 0 Å². The lowest BCUT2D eigenvalue weighted by Gasteiger charge is -2.12. The number of hydrogen-bond donors (Lipinski definition) is 0. The molecule has 5 heteroatoms. The van der Waals surface area contributed by atoms with Gasteiger partial charge in [0.1, 0.15) is 0 Å². The van der Waals surface area contributed by atoms with Gasteiger partial charge in [0.25, 0.3) is 0 Å². The average molecular weight is 222 g/mol. The van der Waals surface area contributed by atoms with Crippen LogP contribution in [0.15, 0.2) is 30.6 Å². The van der Waals surface area contributed by atoms with E-state index in [4.69, 9.17) is 0 Å². The predicted molar refractivity (Wildman–Crippen MR) is 51.5 cm³/mol. The Morgan fingerprint density at radius 2 is 1.56 bits per heavy atom. The van der Waals surface area contributed by atoms with E-state index in [9.17, 15) is 13.2 Å². The summed E-state index contributed by atoms with van der Waals surface area (Å²) in [4.78, 5) is 7.81. The van der Waals surface area contributed by atoms with Crippen LogP contribution < -0.4 is 0 Å². The number of fused-ring (bicyclic) bond motifs is 2. The van der Waals surface area contributed by atoms with Crippen molar-refractivity contribution in [3.8, 4) is 22.5 Å². The largest absolute Gasteiger partial charge is 0.417 e. The van der Waals surface area contributed by atoms with Crippen LogP contribution >= 0.6 is 0 Å². The van der Waals surface area contributed by atoms with Crippen molar-refractivity contribution < 1.29 is 13.2 Å². The van der Waals surface area contributed by atoms with Crippen molar-refractivity contribution in [3.05, 3.63) is 36.2 Å². The van der Waals surface area contributed by atoms with Gasteiger partial charge in [0, 0.05) is 23.5 Å². The van der Waals surface area contributed by atoms with Crippen LogP contribution in [0.5, 0.6) is 0 Å².